The van der Waals surface area contributed by atoms with E-state index in [4.69, 9.17) is 37.4 Å². The molecule has 0 aliphatic carbocycles. The van der Waals surface area contributed by atoms with Crippen molar-refractivity contribution < 1.29 is 19.0 Å². The standard InChI is InChI=1S/C19H19Cl2NO4/c1-24-17-7-4-12(9-18(17)25-2)8-16(19(23)26-3)22-11-13-5-6-14(20)10-15(13)21/h4-7,9-11,16H,8H2,1-3H3/b22-11+. The number of rotatable bonds is 7. The molecule has 5 nitrogen and oxygen atoms in total. The van der Waals surface area contributed by atoms with E-state index in [0.717, 1.165) is 5.56 Å². The Balaban J connectivity index is 2.25. The van der Waals surface area contributed by atoms with Gasteiger partial charge in [0.1, 0.15) is 0 Å². The molecule has 1 atom stereocenters. The van der Waals surface area contributed by atoms with Crippen LogP contribution in [0.4, 0.5) is 0 Å². The number of carbonyl (C=O) groups is 1. The van der Waals surface area contributed by atoms with Crippen LogP contribution in [0.5, 0.6) is 11.5 Å². The number of nitrogens with zero attached hydrogens (tertiary/aromatic N) is 1. The molecule has 2 aromatic carbocycles. The lowest BCUT2D eigenvalue weighted by Gasteiger charge is -2.13. The van der Waals surface area contributed by atoms with Crippen LogP contribution >= 0.6 is 23.2 Å². The Morgan fingerprint density at radius 3 is 2.42 bits per heavy atom. The molecule has 0 saturated heterocycles. The fraction of sp³-hybridized carbons (Fsp3) is 0.263. The molecule has 2 aromatic rings. The molecule has 0 bridgehead atoms. The minimum Gasteiger partial charge on any atom is -0.493 e. The first kappa shape index (κ1) is 20.1. The van der Waals surface area contributed by atoms with E-state index < -0.39 is 12.0 Å². The highest BCUT2D eigenvalue weighted by atomic mass is 35.5. The molecule has 1 unspecified atom stereocenters. The van der Waals surface area contributed by atoms with Crippen molar-refractivity contribution in [3.8, 4) is 11.5 Å². The van der Waals surface area contributed by atoms with Gasteiger partial charge in [0.2, 0.25) is 0 Å². The highest BCUT2D eigenvalue weighted by Crippen LogP contribution is 2.28. The van der Waals surface area contributed by atoms with Crippen LogP contribution in [0.1, 0.15) is 11.1 Å². The zero-order valence-corrected chi connectivity index (χ0v) is 16.2. The van der Waals surface area contributed by atoms with Gasteiger partial charge in [-0.1, -0.05) is 35.3 Å². The second-order valence-corrected chi connectivity index (χ2v) is 6.22. The lowest BCUT2D eigenvalue weighted by atomic mass is 10.1. The van der Waals surface area contributed by atoms with Crippen molar-refractivity contribution in [2.45, 2.75) is 12.5 Å². The number of benzene rings is 2. The van der Waals surface area contributed by atoms with Gasteiger partial charge >= 0.3 is 5.97 Å². The van der Waals surface area contributed by atoms with Crippen LogP contribution in [-0.2, 0) is 16.0 Å². The van der Waals surface area contributed by atoms with Gasteiger partial charge in [-0.25, -0.2) is 4.79 Å². The third-order valence-corrected chi connectivity index (χ3v) is 4.27. The summed E-state index contributed by atoms with van der Waals surface area (Å²) in [6.07, 6.45) is 1.88. The molecular formula is C19H19Cl2NO4. The number of hydrogen-bond acceptors (Lipinski definition) is 5. The number of esters is 1. The smallest absolute Gasteiger partial charge is 0.330 e. The maximum absolute atomic E-state index is 12.1. The summed E-state index contributed by atoms with van der Waals surface area (Å²) in [5, 5.41) is 0.984. The van der Waals surface area contributed by atoms with Crippen molar-refractivity contribution >= 4 is 35.4 Å². The monoisotopic (exact) mass is 395 g/mol. The van der Waals surface area contributed by atoms with Gasteiger partial charge in [-0.05, 0) is 29.8 Å². The Labute approximate surface area is 162 Å². The molecule has 0 radical (unpaired) electrons. The van der Waals surface area contributed by atoms with E-state index in [1.807, 2.05) is 6.07 Å². The summed E-state index contributed by atoms with van der Waals surface area (Å²) in [6.45, 7) is 0. The molecule has 7 heteroatoms. The number of halogens is 2. The average Bonchev–Trinajstić information content (AvgIpc) is 2.65. The molecule has 0 N–H and O–H groups in total. The molecule has 0 aliphatic heterocycles. The van der Waals surface area contributed by atoms with E-state index >= 15 is 0 Å². The molecular weight excluding hydrogens is 377 g/mol. The number of methoxy groups -OCH3 is 3. The zero-order chi connectivity index (χ0) is 19.1. The van der Waals surface area contributed by atoms with Crippen molar-refractivity contribution in [1.82, 2.24) is 0 Å². The molecule has 2 rings (SSSR count). The topological polar surface area (TPSA) is 57.1 Å². The fourth-order valence-electron chi connectivity index (χ4n) is 2.34. The fourth-order valence-corrected chi connectivity index (χ4v) is 2.80. The van der Waals surface area contributed by atoms with Gasteiger partial charge in [0, 0.05) is 23.2 Å². The van der Waals surface area contributed by atoms with Crippen LogP contribution in [0.15, 0.2) is 41.4 Å². The maximum Gasteiger partial charge on any atom is 0.330 e. The third kappa shape index (κ3) is 5.13. The lowest BCUT2D eigenvalue weighted by molar-refractivity contribution is -0.142. The van der Waals surface area contributed by atoms with Crippen molar-refractivity contribution in [3.05, 3.63) is 57.6 Å². The van der Waals surface area contributed by atoms with Gasteiger partial charge in [0.15, 0.2) is 17.5 Å². The van der Waals surface area contributed by atoms with Crippen molar-refractivity contribution in [2.24, 2.45) is 4.99 Å². The number of aliphatic imine (C=N–C) groups is 1. The second kappa shape index (κ2) is 9.46. The van der Waals surface area contributed by atoms with Gasteiger partial charge in [0.05, 0.1) is 26.4 Å². The molecule has 0 fully saturated rings. The Bertz CT molecular complexity index is 808. The van der Waals surface area contributed by atoms with Crippen molar-refractivity contribution in [3.63, 3.8) is 0 Å². The van der Waals surface area contributed by atoms with Gasteiger partial charge in [-0.15, -0.1) is 0 Å². The largest absolute Gasteiger partial charge is 0.493 e. The van der Waals surface area contributed by atoms with Crippen LogP contribution in [0, 0.1) is 0 Å². The van der Waals surface area contributed by atoms with E-state index in [0.29, 0.717) is 33.5 Å². The predicted octanol–water partition coefficient (Wildman–Crippen LogP) is 4.21. The van der Waals surface area contributed by atoms with Gasteiger partial charge < -0.3 is 14.2 Å². The summed E-state index contributed by atoms with van der Waals surface area (Å²) in [6, 6.07) is 9.77. The first-order chi connectivity index (χ1) is 12.5. The minimum absolute atomic E-state index is 0.342. The van der Waals surface area contributed by atoms with Crippen molar-refractivity contribution in [2.75, 3.05) is 21.3 Å². The van der Waals surface area contributed by atoms with Crippen LogP contribution in [0.3, 0.4) is 0 Å². The normalized spacial score (nSPS) is 12.0. The first-order valence-electron chi connectivity index (χ1n) is 7.75. The average molecular weight is 396 g/mol. The van der Waals surface area contributed by atoms with E-state index in [-0.39, 0.29) is 0 Å². The predicted molar refractivity (Wildman–Crippen MR) is 103 cm³/mol. The van der Waals surface area contributed by atoms with Crippen LogP contribution in [0.2, 0.25) is 10.0 Å². The van der Waals surface area contributed by atoms with Crippen LogP contribution < -0.4 is 9.47 Å². The van der Waals surface area contributed by atoms with Crippen molar-refractivity contribution in [1.29, 1.82) is 0 Å². The molecule has 0 saturated carbocycles. The molecule has 0 spiro atoms. The molecule has 0 heterocycles. The summed E-state index contributed by atoms with van der Waals surface area (Å²) in [5.74, 6) is 0.752. The third-order valence-electron chi connectivity index (χ3n) is 3.71. The zero-order valence-electron chi connectivity index (χ0n) is 14.7. The van der Waals surface area contributed by atoms with Gasteiger partial charge in [0.25, 0.3) is 0 Å². The van der Waals surface area contributed by atoms with Gasteiger partial charge in [-0.3, -0.25) is 4.99 Å². The summed E-state index contributed by atoms with van der Waals surface area (Å²) in [5.41, 5.74) is 1.52. The molecule has 0 aromatic heterocycles. The molecule has 0 amide bonds. The first-order valence-corrected chi connectivity index (χ1v) is 8.51. The molecule has 26 heavy (non-hydrogen) atoms. The quantitative estimate of drug-likeness (QED) is 0.520. The SMILES string of the molecule is COC(=O)C(Cc1ccc(OC)c(OC)c1)/N=C/c1ccc(Cl)cc1Cl. The highest BCUT2D eigenvalue weighted by molar-refractivity contribution is 6.36. The molecule has 0 aliphatic rings. The van der Waals surface area contributed by atoms with E-state index in [1.165, 1.54) is 7.11 Å². The van der Waals surface area contributed by atoms with Gasteiger partial charge in [-0.2, -0.15) is 0 Å². The number of hydrogen-bond donors (Lipinski definition) is 0. The Kier molecular flexibility index (Phi) is 7.30. The minimum atomic E-state index is -0.718. The number of ether oxygens (including phenoxy) is 3. The summed E-state index contributed by atoms with van der Waals surface area (Å²) in [7, 11) is 4.45. The van der Waals surface area contributed by atoms with E-state index in [2.05, 4.69) is 4.99 Å². The van der Waals surface area contributed by atoms with E-state index in [1.54, 1.807) is 50.8 Å². The van der Waals surface area contributed by atoms with E-state index in [9.17, 15) is 4.79 Å². The lowest BCUT2D eigenvalue weighted by Crippen LogP contribution is -2.23. The summed E-state index contributed by atoms with van der Waals surface area (Å²) >= 11 is 12.0. The van der Waals surface area contributed by atoms with Crippen LogP contribution in [-0.4, -0.2) is 39.6 Å². The molecule has 138 valence electrons. The second-order valence-electron chi connectivity index (χ2n) is 5.38. The Morgan fingerprint density at radius 2 is 1.81 bits per heavy atom. The maximum atomic E-state index is 12.1. The summed E-state index contributed by atoms with van der Waals surface area (Å²) < 4.78 is 15.4. The Hall–Kier alpha value is -2.24. The number of carbonyl (C=O) groups excluding carboxylic acids is 1. The van der Waals surface area contributed by atoms with Crippen LogP contribution in [0.25, 0.3) is 0 Å². The Morgan fingerprint density at radius 1 is 1.08 bits per heavy atom. The summed E-state index contributed by atoms with van der Waals surface area (Å²) in [4.78, 5) is 16.5. The highest BCUT2D eigenvalue weighted by Gasteiger charge is 2.19.